The smallest absolute Gasteiger partial charge is 0.274 e. The van der Waals surface area contributed by atoms with E-state index >= 15 is 0 Å². The Kier molecular flexibility index (Phi) is 4.81. The fourth-order valence-electron chi connectivity index (χ4n) is 2.36. The van der Waals surface area contributed by atoms with Gasteiger partial charge >= 0.3 is 0 Å². The summed E-state index contributed by atoms with van der Waals surface area (Å²) in [7, 11) is 1.61. The molecule has 0 spiro atoms. The lowest BCUT2D eigenvalue weighted by molar-refractivity contribution is 0.0669. The first kappa shape index (κ1) is 13.9. The molecule has 19 heavy (non-hydrogen) atoms. The zero-order valence-corrected chi connectivity index (χ0v) is 11.1. The average molecular weight is 265 g/mol. The third-order valence-electron chi connectivity index (χ3n) is 3.37. The van der Waals surface area contributed by atoms with Gasteiger partial charge in [-0.05, 0) is 12.8 Å². The first-order valence-corrected chi connectivity index (χ1v) is 6.48. The number of aliphatic hydroxyl groups is 1. The molecule has 6 nitrogen and oxygen atoms in total. The van der Waals surface area contributed by atoms with Gasteiger partial charge in [0.25, 0.3) is 5.91 Å². The van der Waals surface area contributed by atoms with Gasteiger partial charge in [0.05, 0.1) is 24.9 Å². The summed E-state index contributed by atoms with van der Waals surface area (Å²) in [6.07, 6.45) is 5.42. The second-order valence-corrected chi connectivity index (χ2v) is 4.57. The van der Waals surface area contributed by atoms with Crippen molar-refractivity contribution in [3.05, 3.63) is 23.8 Å². The molecule has 1 saturated heterocycles. The van der Waals surface area contributed by atoms with Crippen LogP contribution in [0.5, 0.6) is 0 Å². The molecule has 1 amide bonds. The van der Waals surface area contributed by atoms with E-state index < -0.39 is 0 Å². The highest BCUT2D eigenvalue weighted by atomic mass is 16.5. The second kappa shape index (κ2) is 6.58. The maximum Gasteiger partial charge on any atom is 0.274 e. The van der Waals surface area contributed by atoms with Gasteiger partial charge in [-0.25, -0.2) is 4.98 Å². The molecular formula is C13H19N3O3. The number of likely N-dealkylation sites (tertiary alicyclic amines) is 1. The molecule has 1 aromatic rings. The van der Waals surface area contributed by atoms with Crippen LogP contribution in [-0.4, -0.2) is 58.8 Å². The van der Waals surface area contributed by atoms with Gasteiger partial charge < -0.3 is 14.7 Å². The number of amides is 1. The Morgan fingerprint density at radius 3 is 3.05 bits per heavy atom. The fourth-order valence-corrected chi connectivity index (χ4v) is 2.36. The first-order chi connectivity index (χ1) is 9.27. The quantitative estimate of drug-likeness (QED) is 0.826. The van der Waals surface area contributed by atoms with Crippen LogP contribution in [-0.2, 0) is 11.2 Å². The largest absolute Gasteiger partial charge is 0.394 e. The molecule has 1 atom stereocenters. The number of carbonyl (C=O) groups excluding carboxylic acids is 1. The summed E-state index contributed by atoms with van der Waals surface area (Å²) in [5.74, 6) is -0.143. The van der Waals surface area contributed by atoms with Crippen molar-refractivity contribution in [1.82, 2.24) is 14.9 Å². The molecule has 1 N–H and O–H groups in total. The predicted molar refractivity (Wildman–Crippen MR) is 68.8 cm³/mol. The van der Waals surface area contributed by atoms with E-state index in [4.69, 9.17) is 4.74 Å². The zero-order chi connectivity index (χ0) is 13.7. The summed E-state index contributed by atoms with van der Waals surface area (Å²) in [5, 5.41) is 9.29. The Bertz CT molecular complexity index is 439. The molecular weight excluding hydrogens is 246 g/mol. The van der Waals surface area contributed by atoms with E-state index in [2.05, 4.69) is 9.97 Å². The van der Waals surface area contributed by atoms with Crippen LogP contribution >= 0.6 is 0 Å². The van der Waals surface area contributed by atoms with E-state index in [9.17, 15) is 9.90 Å². The first-order valence-electron chi connectivity index (χ1n) is 6.48. The van der Waals surface area contributed by atoms with Gasteiger partial charge in [-0.3, -0.25) is 9.78 Å². The van der Waals surface area contributed by atoms with Crippen LogP contribution in [0.25, 0.3) is 0 Å². The van der Waals surface area contributed by atoms with E-state index in [0.717, 1.165) is 12.8 Å². The number of hydrogen-bond acceptors (Lipinski definition) is 5. The van der Waals surface area contributed by atoms with Crippen LogP contribution in [0.2, 0.25) is 0 Å². The lowest BCUT2D eigenvalue weighted by atomic mass is 10.2. The molecule has 2 heterocycles. The number of aliphatic hydroxyl groups excluding tert-OH is 1. The highest BCUT2D eigenvalue weighted by Gasteiger charge is 2.30. The van der Waals surface area contributed by atoms with E-state index in [-0.39, 0.29) is 18.6 Å². The Labute approximate surface area is 112 Å². The van der Waals surface area contributed by atoms with Gasteiger partial charge in [0.15, 0.2) is 0 Å². The Morgan fingerprint density at radius 1 is 1.53 bits per heavy atom. The van der Waals surface area contributed by atoms with Crippen molar-refractivity contribution in [2.45, 2.75) is 25.3 Å². The summed E-state index contributed by atoms with van der Waals surface area (Å²) >= 11 is 0. The number of rotatable bonds is 5. The molecule has 0 radical (unpaired) electrons. The summed E-state index contributed by atoms with van der Waals surface area (Å²) in [6.45, 7) is 1.17. The Balaban J connectivity index is 2.18. The molecule has 1 fully saturated rings. The lowest BCUT2D eigenvalue weighted by Crippen LogP contribution is -2.38. The summed E-state index contributed by atoms with van der Waals surface area (Å²) in [5.41, 5.74) is 1.03. The molecule has 0 bridgehead atoms. The van der Waals surface area contributed by atoms with Crippen molar-refractivity contribution in [1.29, 1.82) is 0 Å². The van der Waals surface area contributed by atoms with Crippen molar-refractivity contribution in [3.8, 4) is 0 Å². The molecule has 0 aliphatic carbocycles. The SMILES string of the molecule is COCCc1nccnc1C(=O)N1CCCC1CO. The maximum absolute atomic E-state index is 12.5. The molecule has 1 aliphatic heterocycles. The molecule has 2 rings (SSSR count). The van der Waals surface area contributed by atoms with E-state index in [1.807, 2.05) is 0 Å². The molecule has 1 aromatic heterocycles. The van der Waals surface area contributed by atoms with Crippen molar-refractivity contribution in [3.63, 3.8) is 0 Å². The number of carbonyl (C=O) groups is 1. The normalized spacial score (nSPS) is 18.8. The van der Waals surface area contributed by atoms with Gasteiger partial charge in [0.2, 0.25) is 0 Å². The molecule has 0 aromatic carbocycles. The third kappa shape index (κ3) is 3.08. The zero-order valence-electron chi connectivity index (χ0n) is 11.1. The van der Waals surface area contributed by atoms with Gasteiger partial charge in [-0.2, -0.15) is 0 Å². The Hall–Kier alpha value is -1.53. The van der Waals surface area contributed by atoms with Crippen LogP contribution in [0.1, 0.15) is 29.0 Å². The molecule has 6 heteroatoms. The summed E-state index contributed by atoms with van der Waals surface area (Å²) < 4.78 is 5.02. The number of methoxy groups -OCH3 is 1. The van der Waals surface area contributed by atoms with Crippen LogP contribution in [0.15, 0.2) is 12.4 Å². The van der Waals surface area contributed by atoms with Crippen LogP contribution < -0.4 is 0 Å². The van der Waals surface area contributed by atoms with Crippen LogP contribution in [0, 0.1) is 0 Å². The number of ether oxygens (including phenoxy) is 1. The Morgan fingerprint density at radius 2 is 2.32 bits per heavy atom. The highest BCUT2D eigenvalue weighted by Crippen LogP contribution is 2.20. The standard InChI is InChI=1S/C13H19N3O3/c1-19-8-4-11-12(15-6-5-14-11)13(18)16-7-2-3-10(16)9-17/h5-6,10,17H,2-4,7-9H2,1H3. The summed E-state index contributed by atoms with van der Waals surface area (Å²) in [4.78, 5) is 22.5. The number of nitrogens with zero attached hydrogens (tertiary/aromatic N) is 3. The lowest BCUT2D eigenvalue weighted by Gasteiger charge is -2.23. The van der Waals surface area contributed by atoms with Gasteiger partial charge in [-0.15, -0.1) is 0 Å². The van der Waals surface area contributed by atoms with Crippen LogP contribution in [0.4, 0.5) is 0 Å². The van der Waals surface area contributed by atoms with Crippen molar-refractivity contribution in [2.75, 3.05) is 26.9 Å². The highest BCUT2D eigenvalue weighted by molar-refractivity contribution is 5.93. The summed E-state index contributed by atoms with van der Waals surface area (Å²) in [6, 6.07) is -0.0928. The minimum atomic E-state index is -0.143. The van der Waals surface area contributed by atoms with Gasteiger partial charge in [-0.1, -0.05) is 0 Å². The van der Waals surface area contributed by atoms with E-state index in [1.54, 1.807) is 18.2 Å². The number of aromatic nitrogens is 2. The molecule has 1 aliphatic rings. The van der Waals surface area contributed by atoms with Crippen molar-refractivity contribution >= 4 is 5.91 Å². The topological polar surface area (TPSA) is 75.6 Å². The maximum atomic E-state index is 12.5. The third-order valence-corrected chi connectivity index (χ3v) is 3.37. The molecule has 1 unspecified atom stereocenters. The van der Waals surface area contributed by atoms with Crippen LogP contribution in [0.3, 0.4) is 0 Å². The second-order valence-electron chi connectivity index (χ2n) is 4.57. The van der Waals surface area contributed by atoms with Gasteiger partial charge in [0, 0.05) is 32.5 Å². The molecule has 104 valence electrons. The molecule has 0 saturated carbocycles. The van der Waals surface area contributed by atoms with E-state index in [0.29, 0.717) is 31.0 Å². The minimum Gasteiger partial charge on any atom is -0.394 e. The van der Waals surface area contributed by atoms with Crippen molar-refractivity contribution in [2.24, 2.45) is 0 Å². The number of hydrogen-bond donors (Lipinski definition) is 1. The minimum absolute atomic E-state index is 0.000589. The monoisotopic (exact) mass is 265 g/mol. The fraction of sp³-hybridized carbons (Fsp3) is 0.615. The average Bonchev–Trinajstić information content (AvgIpc) is 2.93. The van der Waals surface area contributed by atoms with Gasteiger partial charge in [0.1, 0.15) is 5.69 Å². The predicted octanol–water partition coefficient (Wildman–Crippen LogP) is 0.262. The van der Waals surface area contributed by atoms with Crippen molar-refractivity contribution < 1.29 is 14.6 Å². The van der Waals surface area contributed by atoms with E-state index in [1.165, 1.54) is 6.20 Å².